The van der Waals surface area contributed by atoms with Crippen LogP contribution in [0.5, 0.6) is 0 Å². The lowest BCUT2D eigenvalue weighted by Crippen LogP contribution is -2.48. The van der Waals surface area contributed by atoms with Crippen LogP contribution in [0.15, 0.2) is 0 Å². The van der Waals surface area contributed by atoms with Gasteiger partial charge < -0.3 is 15.4 Å². The van der Waals surface area contributed by atoms with Crippen molar-refractivity contribution in [3.8, 4) is 0 Å². The lowest BCUT2D eigenvalue weighted by molar-refractivity contribution is -0.124. The Morgan fingerprint density at radius 2 is 1.84 bits per heavy atom. The van der Waals surface area contributed by atoms with Gasteiger partial charge in [-0.25, -0.2) is 0 Å². The molecule has 2 amide bonds. The Hall–Kier alpha value is -1.14. The fraction of sp³-hybridized carbons (Fsp3) is 0.846. The first-order chi connectivity index (χ1) is 9.04. The van der Waals surface area contributed by atoms with Crippen LogP contribution in [0.2, 0.25) is 0 Å². The highest BCUT2D eigenvalue weighted by atomic mass is 16.5. The van der Waals surface area contributed by atoms with Gasteiger partial charge in [0.05, 0.1) is 19.2 Å². The van der Waals surface area contributed by atoms with E-state index in [9.17, 15) is 9.59 Å². The zero-order valence-corrected chi connectivity index (χ0v) is 12.4. The summed E-state index contributed by atoms with van der Waals surface area (Å²) in [6.45, 7) is 6.91. The molecular weight excluding hydrogens is 246 g/mol. The average molecular weight is 273 g/mol. The molecule has 0 heterocycles. The molecule has 0 rings (SSSR count). The summed E-state index contributed by atoms with van der Waals surface area (Å²) in [6.07, 6.45) is 1.82. The summed E-state index contributed by atoms with van der Waals surface area (Å²) in [7, 11) is 1.58. The maximum Gasteiger partial charge on any atom is 0.237 e. The quantitative estimate of drug-likeness (QED) is 0.491. The fourth-order valence-corrected chi connectivity index (χ4v) is 1.51. The molecule has 0 aromatic rings. The normalized spacial score (nSPS) is 12.3. The van der Waals surface area contributed by atoms with Crippen molar-refractivity contribution in [2.24, 2.45) is 0 Å². The summed E-state index contributed by atoms with van der Waals surface area (Å²) >= 11 is 0. The summed E-state index contributed by atoms with van der Waals surface area (Å²) in [4.78, 5) is 23.2. The maximum atomic E-state index is 11.8. The van der Waals surface area contributed by atoms with Gasteiger partial charge in [-0.1, -0.05) is 13.8 Å². The Kier molecular flexibility index (Phi) is 10.1. The lowest BCUT2D eigenvalue weighted by atomic mass is 10.1. The van der Waals surface area contributed by atoms with Crippen molar-refractivity contribution in [3.05, 3.63) is 0 Å². The van der Waals surface area contributed by atoms with E-state index in [1.165, 1.54) is 0 Å². The Morgan fingerprint density at radius 3 is 2.37 bits per heavy atom. The molecule has 6 heteroatoms. The van der Waals surface area contributed by atoms with Crippen molar-refractivity contribution in [3.63, 3.8) is 0 Å². The predicted octanol–water partition coefficient (Wildman–Crippen LogP) is 0.0319. The lowest BCUT2D eigenvalue weighted by Gasteiger charge is -2.19. The van der Waals surface area contributed by atoms with E-state index in [4.69, 9.17) is 4.74 Å². The molecule has 0 aromatic heterocycles. The fourth-order valence-electron chi connectivity index (χ4n) is 1.51. The number of nitrogens with one attached hydrogen (secondary N) is 3. The van der Waals surface area contributed by atoms with E-state index in [1.54, 1.807) is 14.0 Å². The number of hydrogen-bond acceptors (Lipinski definition) is 4. The van der Waals surface area contributed by atoms with E-state index in [0.717, 1.165) is 12.8 Å². The van der Waals surface area contributed by atoms with Gasteiger partial charge in [0.15, 0.2) is 0 Å². The third kappa shape index (κ3) is 8.56. The monoisotopic (exact) mass is 273 g/mol. The first kappa shape index (κ1) is 17.9. The third-order valence-corrected chi connectivity index (χ3v) is 2.92. The SMILES string of the molecule is CCC(CC)NC(=O)C(C)NCC(=O)NCCOC. The van der Waals surface area contributed by atoms with Gasteiger partial charge in [0.1, 0.15) is 0 Å². The number of carbonyl (C=O) groups excluding carboxylic acids is 2. The molecule has 0 fully saturated rings. The van der Waals surface area contributed by atoms with Gasteiger partial charge in [-0.2, -0.15) is 0 Å². The number of rotatable bonds is 10. The van der Waals surface area contributed by atoms with Crippen LogP contribution in [0.1, 0.15) is 33.6 Å². The topological polar surface area (TPSA) is 79.5 Å². The molecule has 0 aliphatic carbocycles. The molecule has 0 spiro atoms. The minimum Gasteiger partial charge on any atom is -0.383 e. The van der Waals surface area contributed by atoms with Crippen LogP contribution in [0, 0.1) is 0 Å². The van der Waals surface area contributed by atoms with Crippen LogP contribution in [0.4, 0.5) is 0 Å². The van der Waals surface area contributed by atoms with Gasteiger partial charge in [0.25, 0.3) is 0 Å². The number of ether oxygens (including phenoxy) is 1. The largest absolute Gasteiger partial charge is 0.383 e. The zero-order valence-electron chi connectivity index (χ0n) is 12.4. The van der Waals surface area contributed by atoms with E-state index < -0.39 is 0 Å². The molecule has 19 heavy (non-hydrogen) atoms. The smallest absolute Gasteiger partial charge is 0.237 e. The number of amides is 2. The predicted molar refractivity (Wildman–Crippen MR) is 74.9 cm³/mol. The molecule has 6 nitrogen and oxygen atoms in total. The molecule has 0 radical (unpaired) electrons. The van der Waals surface area contributed by atoms with Gasteiger partial charge in [-0.3, -0.25) is 14.9 Å². The van der Waals surface area contributed by atoms with Crippen LogP contribution in [-0.4, -0.2) is 50.7 Å². The summed E-state index contributed by atoms with van der Waals surface area (Å²) in [5.41, 5.74) is 0. The van der Waals surface area contributed by atoms with Crippen LogP contribution >= 0.6 is 0 Å². The molecule has 1 atom stereocenters. The van der Waals surface area contributed by atoms with E-state index >= 15 is 0 Å². The molecule has 0 aliphatic rings. The second kappa shape index (κ2) is 10.8. The number of carbonyl (C=O) groups is 2. The van der Waals surface area contributed by atoms with Crippen molar-refractivity contribution >= 4 is 11.8 Å². The van der Waals surface area contributed by atoms with Crippen molar-refractivity contribution in [1.82, 2.24) is 16.0 Å². The molecule has 0 bridgehead atoms. The Morgan fingerprint density at radius 1 is 1.21 bits per heavy atom. The molecule has 0 saturated carbocycles. The molecule has 0 aliphatic heterocycles. The average Bonchev–Trinajstić information content (AvgIpc) is 2.42. The number of methoxy groups -OCH3 is 1. The Labute approximate surface area is 115 Å². The molecule has 0 saturated heterocycles. The number of hydrogen-bond donors (Lipinski definition) is 3. The summed E-state index contributed by atoms with van der Waals surface area (Å²) in [5.74, 6) is -0.211. The minimum atomic E-state index is -0.381. The van der Waals surface area contributed by atoms with Crippen molar-refractivity contribution < 1.29 is 14.3 Å². The van der Waals surface area contributed by atoms with E-state index in [2.05, 4.69) is 16.0 Å². The first-order valence-electron chi connectivity index (χ1n) is 6.84. The molecule has 1 unspecified atom stereocenters. The maximum absolute atomic E-state index is 11.8. The summed E-state index contributed by atoms with van der Waals surface area (Å²) in [5, 5.41) is 8.52. The van der Waals surface area contributed by atoms with Crippen LogP contribution < -0.4 is 16.0 Å². The Bertz CT molecular complexity index is 268. The molecule has 3 N–H and O–H groups in total. The van der Waals surface area contributed by atoms with E-state index in [1.807, 2.05) is 13.8 Å². The van der Waals surface area contributed by atoms with Crippen molar-refractivity contribution in [2.75, 3.05) is 26.8 Å². The van der Waals surface area contributed by atoms with Gasteiger partial charge in [-0.15, -0.1) is 0 Å². The second-order valence-electron chi connectivity index (χ2n) is 4.47. The van der Waals surface area contributed by atoms with Gasteiger partial charge >= 0.3 is 0 Å². The molecular formula is C13H27N3O3. The summed E-state index contributed by atoms with van der Waals surface area (Å²) in [6, 6.07) is -0.180. The zero-order chi connectivity index (χ0) is 14.7. The highest BCUT2D eigenvalue weighted by molar-refractivity contribution is 5.83. The van der Waals surface area contributed by atoms with Crippen LogP contribution in [0.3, 0.4) is 0 Å². The Balaban J connectivity index is 3.86. The van der Waals surface area contributed by atoms with Gasteiger partial charge in [0, 0.05) is 19.7 Å². The van der Waals surface area contributed by atoms with Crippen molar-refractivity contribution in [2.45, 2.75) is 45.7 Å². The highest BCUT2D eigenvalue weighted by Gasteiger charge is 2.16. The summed E-state index contributed by atoms with van der Waals surface area (Å²) < 4.78 is 4.83. The minimum absolute atomic E-state index is 0.0709. The van der Waals surface area contributed by atoms with Gasteiger partial charge in [-0.05, 0) is 19.8 Å². The highest BCUT2D eigenvalue weighted by Crippen LogP contribution is 1.96. The standard InChI is InChI=1S/C13H27N3O3/c1-5-11(6-2)16-13(18)10(3)15-9-12(17)14-7-8-19-4/h10-11,15H,5-9H2,1-4H3,(H,14,17)(H,16,18). The van der Waals surface area contributed by atoms with E-state index in [-0.39, 0.29) is 30.4 Å². The van der Waals surface area contributed by atoms with Crippen LogP contribution in [-0.2, 0) is 14.3 Å². The molecule has 112 valence electrons. The molecule has 0 aromatic carbocycles. The van der Waals surface area contributed by atoms with Gasteiger partial charge in [0.2, 0.25) is 11.8 Å². The third-order valence-electron chi connectivity index (χ3n) is 2.92. The van der Waals surface area contributed by atoms with Crippen LogP contribution in [0.25, 0.3) is 0 Å². The van der Waals surface area contributed by atoms with E-state index in [0.29, 0.717) is 13.2 Å². The van der Waals surface area contributed by atoms with Crippen molar-refractivity contribution in [1.29, 1.82) is 0 Å². The second-order valence-corrected chi connectivity index (χ2v) is 4.47. The first-order valence-corrected chi connectivity index (χ1v) is 6.84.